The summed E-state index contributed by atoms with van der Waals surface area (Å²) in [5.41, 5.74) is 1.21. The molecule has 1 N–H and O–H groups in total. The fraction of sp³-hybridized carbons (Fsp3) is 0.375. The van der Waals surface area contributed by atoms with E-state index >= 15 is 0 Å². The molecule has 1 aliphatic heterocycles. The van der Waals surface area contributed by atoms with Gasteiger partial charge in [0.05, 0.1) is 11.3 Å². The van der Waals surface area contributed by atoms with Crippen molar-refractivity contribution in [3.63, 3.8) is 0 Å². The van der Waals surface area contributed by atoms with Crippen LogP contribution in [0.25, 0.3) is 17.2 Å². The number of fused-ring (bicyclic) bond motifs is 2. The molecule has 0 saturated heterocycles. The van der Waals surface area contributed by atoms with Crippen LogP contribution in [0.4, 0.5) is 13.2 Å². The minimum absolute atomic E-state index is 0.0500. The summed E-state index contributed by atoms with van der Waals surface area (Å²) in [6.45, 7) is 5.07. The SMILES string of the molecule is CCc1nc2ncc(C(F)(F)F)cn2c1C(=O)NCc1ccc(-c2nc3n(n2)CC[C@@H](C)C3)cc1. The summed E-state index contributed by atoms with van der Waals surface area (Å²) in [5, 5.41) is 7.39. The number of halogens is 3. The largest absolute Gasteiger partial charge is 0.419 e. The molecule has 1 atom stereocenters. The highest BCUT2D eigenvalue weighted by atomic mass is 19.4. The summed E-state index contributed by atoms with van der Waals surface area (Å²) in [7, 11) is 0. The molecule has 5 rings (SSSR count). The van der Waals surface area contributed by atoms with Crippen LogP contribution in [-0.2, 0) is 32.1 Å². The molecule has 8 nitrogen and oxygen atoms in total. The molecule has 3 aromatic heterocycles. The van der Waals surface area contributed by atoms with Crippen LogP contribution in [0.15, 0.2) is 36.7 Å². The fourth-order valence-electron chi connectivity index (χ4n) is 4.23. The minimum atomic E-state index is -4.57. The Morgan fingerprint density at radius 1 is 1.20 bits per heavy atom. The lowest BCUT2D eigenvalue weighted by Gasteiger charge is -2.17. The number of carbonyl (C=O) groups is 1. The van der Waals surface area contributed by atoms with Gasteiger partial charge in [-0.25, -0.2) is 19.6 Å². The normalized spacial score (nSPS) is 15.9. The third-order valence-electron chi connectivity index (χ3n) is 6.21. The Morgan fingerprint density at radius 3 is 2.69 bits per heavy atom. The third-order valence-corrected chi connectivity index (χ3v) is 6.21. The number of nitrogens with one attached hydrogen (secondary N) is 1. The Kier molecular flexibility index (Phi) is 5.78. The molecule has 35 heavy (non-hydrogen) atoms. The molecule has 0 bridgehead atoms. The van der Waals surface area contributed by atoms with E-state index in [2.05, 4.69) is 32.3 Å². The smallest absolute Gasteiger partial charge is 0.347 e. The average molecular weight is 483 g/mol. The first-order valence-corrected chi connectivity index (χ1v) is 11.5. The van der Waals surface area contributed by atoms with E-state index in [0.29, 0.717) is 23.9 Å². The summed E-state index contributed by atoms with van der Waals surface area (Å²) in [5.74, 6) is 1.81. The van der Waals surface area contributed by atoms with Gasteiger partial charge in [0, 0.05) is 37.5 Å². The Morgan fingerprint density at radius 2 is 1.97 bits per heavy atom. The van der Waals surface area contributed by atoms with Crippen molar-refractivity contribution in [2.75, 3.05) is 0 Å². The van der Waals surface area contributed by atoms with Gasteiger partial charge in [0.2, 0.25) is 5.78 Å². The lowest BCUT2D eigenvalue weighted by atomic mass is 10.0. The van der Waals surface area contributed by atoms with Crippen molar-refractivity contribution in [2.45, 2.75) is 52.4 Å². The van der Waals surface area contributed by atoms with Gasteiger partial charge in [0.1, 0.15) is 11.5 Å². The van der Waals surface area contributed by atoms with Crippen molar-refractivity contribution in [1.29, 1.82) is 0 Å². The molecule has 0 spiro atoms. The predicted octanol–water partition coefficient (Wildman–Crippen LogP) is 4.08. The molecule has 0 radical (unpaired) electrons. The van der Waals surface area contributed by atoms with Gasteiger partial charge >= 0.3 is 6.18 Å². The predicted molar refractivity (Wildman–Crippen MR) is 121 cm³/mol. The van der Waals surface area contributed by atoms with Crippen LogP contribution in [0, 0.1) is 5.92 Å². The summed E-state index contributed by atoms with van der Waals surface area (Å²) in [4.78, 5) is 25.6. The molecule has 0 saturated carbocycles. The van der Waals surface area contributed by atoms with Crippen LogP contribution < -0.4 is 5.32 Å². The summed E-state index contributed by atoms with van der Waals surface area (Å²) >= 11 is 0. The van der Waals surface area contributed by atoms with E-state index in [4.69, 9.17) is 0 Å². The zero-order valence-electron chi connectivity index (χ0n) is 19.3. The Balaban J connectivity index is 1.32. The number of alkyl halides is 3. The summed E-state index contributed by atoms with van der Waals surface area (Å²) in [6, 6.07) is 7.54. The zero-order valence-corrected chi connectivity index (χ0v) is 19.3. The first-order chi connectivity index (χ1) is 16.7. The molecule has 0 aliphatic carbocycles. The number of amides is 1. The van der Waals surface area contributed by atoms with Crippen molar-refractivity contribution in [3.8, 4) is 11.4 Å². The summed E-state index contributed by atoms with van der Waals surface area (Å²) < 4.78 is 42.6. The molecule has 1 aromatic carbocycles. The summed E-state index contributed by atoms with van der Waals surface area (Å²) in [6.07, 6.45) is -0.612. The van der Waals surface area contributed by atoms with Crippen LogP contribution in [0.2, 0.25) is 0 Å². The number of imidazole rings is 1. The highest BCUT2D eigenvalue weighted by molar-refractivity contribution is 5.94. The van der Waals surface area contributed by atoms with Crippen molar-refractivity contribution in [2.24, 2.45) is 5.92 Å². The lowest BCUT2D eigenvalue weighted by Crippen LogP contribution is -2.25. The van der Waals surface area contributed by atoms with Gasteiger partial charge in [0.25, 0.3) is 5.91 Å². The van der Waals surface area contributed by atoms with Gasteiger partial charge in [-0.15, -0.1) is 0 Å². The second-order valence-corrected chi connectivity index (χ2v) is 8.82. The van der Waals surface area contributed by atoms with Gasteiger partial charge in [-0.05, 0) is 24.3 Å². The van der Waals surface area contributed by atoms with Gasteiger partial charge < -0.3 is 5.32 Å². The van der Waals surface area contributed by atoms with E-state index in [9.17, 15) is 18.0 Å². The first-order valence-electron chi connectivity index (χ1n) is 11.5. The number of carbonyl (C=O) groups excluding carboxylic acids is 1. The zero-order chi connectivity index (χ0) is 24.7. The average Bonchev–Trinajstić information content (AvgIpc) is 3.42. The Labute approximate surface area is 199 Å². The monoisotopic (exact) mass is 483 g/mol. The maximum absolute atomic E-state index is 13.2. The van der Waals surface area contributed by atoms with Gasteiger partial charge in [0.15, 0.2) is 5.82 Å². The second-order valence-electron chi connectivity index (χ2n) is 8.82. The minimum Gasteiger partial charge on any atom is -0.347 e. The van der Waals surface area contributed by atoms with E-state index in [1.54, 1.807) is 6.92 Å². The van der Waals surface area contributed by atoms with E-state index in [-0.39, 0.29) is 18.0 Å². The molecule has 182 valence electrons. The van der Waals surface area contributed by atoms with Crippen molar-refractivity contribution in [3.05, 3.63) is 65.0 Å². The topological polar surface area (TPSA) is 90.0 Å². The van der Waals surface area contributed by atoms with Crippen LogP contribution in [-0.4, -0.2) is 35.0 Å². The number of hydrogen-bond donors (Lipinski definition) is 1. The van der Waals surface area contributed by atoms with E-state index < -0.39 is 17.6 Å². The molecule has 1 amide bonds. The molecule has 1 aliphatic rings. The number of hydrogen-bond acceptors (Lipinski definition) is 5. The number of aromatic nitrogens is 6. The fourth-order valence-corrected chi connectivity index (χ4v) is 4.23. The molecule has 0 fully saturated rings. The van der Waals surface area contributed by atoms with Crippen molar-refractivity contribution in [1.82, 2.24) is 34.4 Å². The first kappa shape index (κ1) is 23.0. The maximum Gasteiger partial charge on any atom is 0.419 e. The van der Waals surface area contributed by atoms with E-state index in [0.717, 1.165) is 53.1 Å². The highest BCUT2D eigenvalue weighted by Gasteiger charge is 2.32. The van der Waals surface area contributed by atoms with Crippen LogP contribution in [0.5, 0.6) is 0 Å². The second kappa shape index (κ2) is 8.79. The number of benzene rings is 1. The lowest BCUT2D eigenvalue weighted by molar-refractivity contribution is -0.138. The Bertz CT molecular complexity index is 1390. The maximum atomic E-state index is 13.2. The van der Waals surface area contributed by atoms with Crippen LogP contribution in [0.1, 0.15) is 53.4 Å². The molecular weight excluding hydrogens is 459 g/mol. The molecule has 0 unspecified atom stereocenters. The third kappa shape index (κ3) is 4.50. The van der Waals surface area contributed by atoms with Gasteiger partial charge in [-0.1, -0.05) is 38.1 Å². The van der Waals surface area contributed by atoms with Crippen molar-refractivity contribution >= 4 is 11.7 Å². The van der Waals surface area contributed by atoms with Crippen LogP contribution in [0.3, 0.4) is 0 Å². The van der Waals surface area contributed by atoms with Crippen molar-refractivity contribution < 1.29 is 18.0 Å². The Hall–Kier alpha value is -3.76. The van der Waals surface area contributed by atoms with Gasteiger partial charge in [-0.2, -0.15) is 18.3 Å². The number of nitrogens with zero attached hydrogens (tertiary/aromatic N) is 6. The van der Waals surface area contributed by atoms with Crippen LogP contribution >= 0.6 is 0 Å². The van der Waals surface area contributed by atoms with Gasteiger partial charge in [-0.3, -0.25) is 9.20 Å². The highest BCUT2D eigenvalue weighted by Crippen LogP contribution is 2.29. The number of aryl methyl sites for hydroxylation is 2. The quantitative estimate of drug-likeness (QED) is 0.462. The van der Waals surface area contributed by atoms with E-state index in [1.165, 1.54) is 0 Å². The molecule has 4 aromatic rings. The standard InChI is InChI=1S/C24H24F3N7O/c1-3-18-20(33-13-17(24(25,26)27)12-29-23(33)30-18)22(35)28-11-15-4-6-16(7-5-15)21-31-19-10-14(2)8-9-34(19)32-21/h4-7,12-14H,3,8-11H2,1-2H3,(H,28,35)/t14-/m1/s1. The van der Waals surface area contributed by atoms with E-state index in [1.807, 2.05) is 28.9 Å². The number of rotatable bonds is 5. The molecule has 11 heteroatoms. The molecule has 4 heterocycles. The molecular formula is C24H24F3N7O.